The molecule has 1 aliphatic heterocycles. The van der Waals surface area contributed by atoms with Crippen LogP contribution in [0.5, 0.6) is 0 Å². The highest BCUT2D eigenvalue weighted by atomic mass is 32.2. The summed E-state index contributed by atoms with van der Waals surface area (Å²) < 4.78 is 5.30. The Morgan fingerprint density at radius 3 is 2.68 bits per heavy atom. The van der Waals surface area contributed by atoms with Gasteiger partial charge >= 0.3 is 6.03 Å². The summed E-state index contributed by atoms with van der Waals surface area (Å²) in [5, 5.41) is 5.88. The Balaban J connectivity index is 1.41. The van der Waals surface area contributed by atoms with Gasteiger partial charge in [0, 0.05) is 47.5 Å². The van der Waals surface area contributed by atoms with E-state index in [0.717, 1.165) is 49.6 Å². The second kappa shape index (κ2) is 9.44. The van der Waals surface area contributed by atoms with Crippen LogP contribution in [0.4, 0.5) is 10.5 Å². The van der Waals surface area contributed by atoms with E-state index in [2.05, 4.69) is 15.6 Å². The predicted octanol–water partition coefficient (Wildman–Crippen LogP) is 3.72. The summed E-state index contributed by atoms with van der Waals surface area (Å²) in [6.45, 7) is 1.44. The van der Waals surface area contributed by atoms with Gasteiger partial charge in [0.25, 0.3) is 0 Å². The summed E-state index contributed by atoms with van der Waals surface area (Å²) in [7, 11) is 0. The zero-order valence-corrected chi connectivity index (χ0v) is 14.9. The lowest BCUT2D eigenvalue weighted by atomic mass is 10.1. The summed E-state index contributed by atoms with van der Waals surface area (Å²) in [6.07, 6.45) is 4.52. The van der Waals surface area contributed by atoms with E-state index in [4.69, 9.17) is 4.74 Å². The van der Waals surface area contributed by atoms with Gasteiger partial charge in [-0.05, 0) is 55.7 Å². The Bertz CT molecular complexity index is 658. The van der Waals surface area contributed by atoms with Gasteiger partial charge in [0.1, 0.15) is 0 Å². The number of nitrogens with zero attached hydrogens (tertiary/aromatic N) is 1. The summed E-state index contributed by atoms with van der Waals surface area (Å²) >= 11 is 1.79. The second-order valence-electron chi connectivity index (χ2n) is 5.93. The number of rotatable bonds is 6. The minimum absolute atomic E-state index is 0.151. The summed E-state index contributed by atoms with van der Waals surface area (Å²) in [6, 6.07) is 14.0. The van der Waals surface area contributed by atoms with Crippen molar-refractivity contribution in [3.8, 4) is 0 Å². The minimum Gasteiger partial charge on any atom is -0.381 e. The van der Waals surface area contributed by atoms with E-state index >= 15 is 0 Å². The largest absolute Gasteiger partial charge is 0.381 e. The molecule has 2 aromatic rings. The molecule has 1 aromatic carbocycles. The van der Waals surface area contributed by atoms with Crippen molar-refractivity contribution in [1.82, 2.24) is 10.3 Å². The van der Waals surface area contributed by atoms with Crippen molar-refractivity contribution in [3.05, 3.63) is 54.4 Å². The van der Waals surface area contributed by atoms with Gasteiger partial charge in [0.2, 0.25) is 0 Å². The fourth-order valence-electron chi connectivity index (χ4n) is 2.65. The third-order valence-electron chi connectivity index (χ3n) is 4.02. The lowest BCUT2D eigenvalue weighted by molar-refractivity contribution is 0.0806. The second-order valence-corrected chi connectivity index (χ2v) is 7.10. The van der Waals surface area contributed by atoms with Crippen LogP contribution >= 0.6 is 11.8 Å². The van der Waals surface area contributed by atoms with Crippen LogP contribution in [-0.4, -0.2) is 36.0 Å². The summed E-state index contributed by atoms with van der Waals surface area (Å²) in [5.41, 5.74) is 1.91. The van der Waals surface area contributed by atoms with Crippen molar-refractivity contribution in [2.24, 2.45) is 0 Å². The van der Waals surface area contributed by atoms with E-state index in [0.29, 0.717) is 0 Å². The molecule has 0 bridgehead atoms. The molecule has 1 aliphatic rings. The van der Waals surface area contributed by atoms with Crippen LogP contribution in [-0.2, 0) is 11.2 Å². The molecule has 0 atom stereocenters. The SMILES string of the molecule is O=C(Nc1ccc(SCCc2ccccn2)cc1)NC1CCOCC1. The number of pyridine rings is 1. The van der Waals surface area contributed by atoms with Gasteiger partial charge in [-0.2, -0.15) is 0 Å². The van der Waals surface area contributed by atoms with Gasteiger partial charge in [-0.25, -0.2) is 4.79 Å². The van der Waals surface area contributed by atoms with Crippen LogP contribution in [0.15, 0.2) is 53.6 Å². The highest BCUT2D eigenvalue weighted by molar-refractivity contribution is 7.99. The number of aromatic nitrogens is 1. The minimum atomic E-state index is -0.151. The number of urea groups is 1. The maximum absolute atomic E-state index is 12.0. The molecule has 6 heteroatoms. The van der Waals surface area contributed by atoms with Crippen molar-refractivity contribution < 1.29 is 9.53 Å². The molecular weight excluding hydrogens is 334 g/mol. The number of thioether (sulfide) groups is 1. The van der Waals surface area contributed by atoms with E-state index in [-0.39, 0.29) is 12.1 Å². The van der Waals surface area contributed by atoms with Gasteiger partial charge in [-0.15, -0.1) is 11.8 Å². The van der Waals surface area contributed by atoms with Crippen LogP contribution in [0.25, 0.3) is 0 Å². The van der Waals surface area contributed by atoms with Crippen molar-refractivity contribution >= 4 is 23.5 Å². The normalized spacial score (nSPS) is 14.9. The molecule has 0 spiro atoms. The van der Waals surface area contributed by atoms with Crippen molar-refractivity contribution in [2.75, 3.05) is 24.3 Å². The van der Waals surface area contributed by atoms with Gasteiger partial charge in [0.15, 0.2) is 0 Å². The molecule has 0 unspecified atom stereocenters. The lowest BCUT2D eigenvalue weighted by Gasteiger charge is -2.23. The highest BCUT2D eigenvalue weighted by Crippen LogP contribution is 2.21. The highest BCUT2D eigenvalue weighted by Gasteiger charge is 2.15. The van der Waals surface area contributed by atoms with Crippen molar-refractivity contribution in [3.63, 3.8) is 0 Å². The van der Waals surface area contributed by atoms with Crippen LogP contribution in [0, 0.1) is 0 Å². The topological polar surface area (TPSA) is 63.2 Å². The molecule has 25 heavy (non-hydrogen) atoms. The Labute approximate surface area is 152 Å². The molecule has 0 aliphatic carbocycles. The zero-order valence-electron chi connectivity index (χ0n) is 14.1. The molecule has 5 nitrogen and oxygen atoms in total. The maximum atomic E-state index is 12.0. The standard InChI is InChI=1S/C19H23N3O2S/c23-19(22-17-8-12-24-13-9-17)21-16-4-6-18(7-5-16)25-14-10-15-3-1-2-11-20-15/h1-7,11,17H,8-10,12-14H2,(H2,21,22,23). The molecule has 1 saturated heterocycles. The maximum Gasteiger partial charge on any atom is 0.319 e. The first-order valence-electron chi connectivity index (χ1n) is 8.57. The van der Waals surface area contributed by atoms with Crippen molar-refractivity contribution in [1.29, 1.82) is 0 Å². The van der Waals surface area contributed by atoms with E-state index < -0.39 is 0 Å². The number of benzene rings is 1. The molecule has 2 amide bonds. The van der Waals surface area contributed by atoms with Crippen LogP contribution < -0.4 is 10.6 Å². The first kappa shape index (κ1) is 17.8. The van der Waals surface area contributed by atoms with Crippen LogP contribution in [0.1, 0.15) is 18.5 Å². The molecule has 2 heterocycles. The van der Waals surface area contributed by atoms with Gasteiger partial charge < -0.3 is 15.4 Å². The van der Waals surface area contributed by atoms with E-state index in [1.54, 1.807) is 11.8 Å². The van der Waals surface area contributed by atoms with E-state index in [1.807, 2.05) is 48.7 Å². The van der Waals surface area contributed by atoms with Crippen molar-refractivity contribution in [2.45, 2.75) is 30.2 Å². The monoisotopic (exact) mass is 357 g/mol. The zero-order chi connectivity index (χ0) is 17.3. The number of anilines is 1. The lowest BCUT2D eigenvalue weighted by Crippen LogP contribution is -2.41. The quantitative estimate of drug-likeness (QED) is 0.774. The third-order valence-corrected chi connectivity index (χ3v) is 5.04. The average molecular weight is 357 g/mol. The number of carbonyl (C=O) groups is 1. The first-order valence-corrected chi connectivity index (χ1v) is 9.56. The number of hydrogen-bond acceptors (Lipinski definition) is 4. The molecule has 132 valence electrons. The Kier molecular flexibility index (Phi) is 6.71. The molecule has 1 aromatic heterocycles. The smallest absolute Gasteiger partial charge is 0.319 e. The van der Waals surface area contributed by atoms with Gasteiger partial charge in [-0.1, -0.05) is 6.07 Å². The molecule has 3 rings (SSSR count). The molecule has 2 N–H and O–H groups in total. The number of hydrogen-bond donors (Lipinski definition) is 2. The number of ether oxygens (including phenoxy) is 1. The third kappa shape index (κ3) is 6.07. The number of nitrogens with one attached hydrogen (secondary N) is 2. The summed E-state index contributed by atoms with van der Waals surface area (Å²) in [5.74, 6) is 0.980. The van der Waals surface area contributed by atoms with Crippen LogP contribution in [0.3, 0.4) is 0 Å². The Morgan fingerprint density at radius 1 is 1.16 bits per heavy atom. The first-order chi connectivity index (χ1) is 12.3. The fourth-order valence-corrected chi connectivity index (χ4v) is 3.52. The molecule has 1 fully saturated rings. The predicted molar refractivity (Wildman–Crippen MR) is 101 cm³/mol. The van der Waals surface area contributed by atoms with Crippen LogP contribution in [0.2, 0.25) is 0 Å². The number of aryl methyl sites for hydroxylation is 1. The Morgan fingerprint density at radius 2 is 1.96 bits per heavy atom. The average Bonchev–Trinajstić information content (AvgIpc) is 2.65. The molecule has 0 saturated carbocycles. The summed E-state index contributed by atoms with van der Waals surface area (Å²) in [4.78, 5) is 17.5. The fraction of sp³-hybridized carbons (Fsp3) is 0.368. The number of amides is 2. The molecular formula is C19H23N3O2S. The van der Waals surface area contributed by atoms with E-state index in [9.17, 15) is 4.79 Å². The van der Waals surface area contributed by atoms with Gasteiger partial charge in [0.05, 0.1) is 0 Å². The van der Waals surface area contributed by atoms with E-state index in [1.165, 1.54) is 4.90 Å². The number of carbonyl (C=O) groups excluding carboxylic acids is 1. The molecule has 0 radical (unpaired) electrons. The van der Waals surface area contributed by atoms with Gasteiger partial charge in [-0.3, -0.25) is 4.98 Å². The Hall–Kier alpha value is -2.05.